The van der Waals surface area contributed by atoms with Gasteiger partial charge in [-0.05, 0) is 43.4 Å². The summed E-state index contributed by atoms with van der Waals surface area (Å²) in [5.41, 5.74) is 0.414. The Kier molecular flexibility index (Phi) is 3.94. The highest BCUT2D eigenvalue weighted by atomic mass is 35.5. The van der Waals surface area contributed by atoms with Crippen LogP contribution in [0.3, 0.4) is 0 Å². The minimum Gasteiger partial charge on any atom is -0.325 e. The first-order chi connectivity index (χ1) is 9.61. The largest absolute Gasteiger partial charge is 0.325 e. The van der Waals surface area contributed by atoms with Crippen molar-refractivity contribution in [2.75, 3.05) is 5.32 Å². The second kappa shape index (κ2) is 5.70. The van der Waals surface area contributed by atoms with E-state index in [1.165, 1.54) is 31.4 Å². The average Bonchev–Trinajstić information content (AvgIpc) is 2.81. The van der Waals surface area contributed by atoms with Crippen LogP contribution < -0.4 is 10.6 Å². The summed E-state index contributed by atoms with van der Waals surface area (Å²) in [6.45, 7) is 0. The minimum atomic E-state index is -0.444. The molecule has 2 fully saturated rings. The van der Waals surface area contributed by atoms with Crippen LogP contribution in [0, 0.1) is 11.7 Å². The second-order valence-corrected chi connectivity index (χ2v) is 6.19. The van der Waals surface area contributed by atoms with E-state index < -0.39 is 5.82 Å². The van der Waals surface area contributed by atoms with Crippen molar-refractivity contribution in [3.63, 3.8) is 0 Å². The molecule has 5 heteroatoms. The lowest BCUT2D eigenvalue weighted by molar-refractivity contribution is -0.117. The zero-order chi connectivity index (χ0) is 14.1. The zero-order valence-electron chi connectivity index (χ0n) is 11.2. The topological polar surface area (TPSA) is 41.1 Å². The predicted octanol–water partition coefficient (Wildman–Crippen LogP) is 3.34. The lowest BCUT2D eigenvalue weighted by atomic mass is 9.85. The fourth-order valence-corrected chi connectivity index (χ4v) is 3.60. The Morgan fingerprint density at radius 1 is 1.30 bits per heavy atom. The molecule has 0 spiro atoms. The van der Waals surface area contributed by atoms with Crippen LogP contribution in [0.5, 0.6) is 0 Å². The van der Waals surface area contributed by atoms with E-state index in [-0.39, 0.29) is 17.0 Å². The Hall–Kier alpha value is -1.13. The molecule has 1 aliphatic heterocycles. The highest BCUT2D eigenvalue weighted by Crippen LogP contribution is 2.33. The van der Waals surface area contributed by atoms with Crippen molar-refractivity contribution in [1.29, 1.82) is 0 Å². The Labute approximate surface area is 122 Å². The van der Waals surface area contributed by atoms with E-state index >= 15 is 0 Å². The fraction of sp³-hybridized carbons (Fsp3) is 0.533. The van der Waals surface area contributed by atoms with Crippen LogP contribution >= 0.6 is 11.6 Å². The molecule has 20 heavy (non-hydrogen) atoms. The Balaban J connectivity index is 1.64. The van der Waals surface area contributed by atoms with Gasteiger partial charge in [0.2, 0.25) is 5.91 Å². The standard InChI is InChI=1S/C15H18ClFN2O/c16-10-6-11(17)8-12(7-10)18-15(20)14-5-9-3-1-2-4-13(9)19-14/h6-9,13-14,19H,1-5H2,(H,18,20). The SMILES string of the molecule is O=C(Nc1cc(F)cc(Cl)c1)C1CC2CCCCC2N1. The van der Waals surface area contributed by atoms with Gasteiger partial charge in [0.05, 0.1) is 6.04 Å². The van der Waals surface area contributed by atoms with Gasteiger partial charge in [-0.2, -0.15) is 0 Å². The maximum atomic E-state index is 13.2. The molecule has 2 aliphatic rings. The van der Waals surface area contributed by atoms with E-state index in [0.29, 0.717) is 17.6 Å². The van der Waals surface area contributed by atoms with Crippen molar-refractivity contribution < 1.29 is 9.18 Å². The van der Waals surface area contributed by atoms with Gasteiger partial charge in [0, 0.05) is 16.8 Å². The van der Waals surface area contributed by atoms with Gasteiger partial charge >= 0.3 is 0 Å². The third kappa shape index (κ3) is 2.96. The Morgan fingerprint density at radius 3 is 2.85 bits per heavy atom. The number of anilines is 1. The third-order valence-corrected chi connectivity index (χ3v) is 4.53. The molecule has 3 rings (SSSR count). The molecule has 1 aliphatic carbocycles. The van der Waals surface area contributed by atoms with Crippen LogP contribution in [0.15, 0.2) is 18.2 Å². The number of benzene rings is 1. The van der Waals surface area contributed by atoms with Gasteiger partial charge in [-0.3, -0.25) is 4.79 Å². The molecule has 2 N–H and O–H groups in total. The monoisotopic (exact) mass is 296 g/mol. The van der Waals surface area contributed by atoms with Crippen LogP contribution in [0.2, 0.25) is 5.02 Å². The van der Waals surface area contributed by atoms with Crippen LogP contribution in [0.25, 0.3) is 0 Å². The molecule has 3 unspecified atom stereocenters. The molecule has 108 valence electrons. The number of hydrogen-bond acceptors (Lipinski definition) is 2. The number of halogens is 2. The molecule has 1 saturated heterocycles. The van der Waals surface area contributed by atoms with E-state index in [0.717, 1.165) is 12.8 Å². The van der Waals surface area contributed by atoms with Crippen LogP contribution in [-0.2, 0) is 4.79 Å². The van der Waals surface area contributed by atoms with Crippen molar-refractivity contribution in [1.82, 2.24) is 5.32 Å². The van der Waals surface area contributed by atoms with E-state index in [9.17, 15) is 9.18 Å². The first-order valence-electron chi connectivity index (χ1n) is 7.15. The molecule has 3 nitrogen and oxygen atoms in total. The quantitative estimate of drug-likeness (QED) is 0.879. The van der Waals surface area contributed by atoms with Crippen LogP contribution in [0.1, 0.15) is 32.1 Å². The molecular weight excluding hydrogens is 279 g/mol. The van der Waals surface area contributed by atoms with Gasteiger partial charge in [0.1, 0.15) is 5.82 Å². The van der Waals surface area contributed by atoms with Gasteiger partial charge in [0.15, 0.2) is 0 Å². The van der Waals surface area contributed by atoms with Crippen LogP contribution in [0.4, 0.5) is 10.1 Å². The third-order valence-electron chi connectivity index (χ3n) is 4.31. The van der Waals surface area contributed by atoms with Crippen molar-refractivity contribution >= 4 is 23.2 Å². The van der Waals surface area contributed by atoms with Gasteiger partial charge in [-0.25, -0.2) is 4.39 Å². The first-order valence-corrected chi connectivity index (χ1v) is 7.52. The molecular formula is C15H18ClFN2O. The lowest BCUT2D eigenvalue weighted by Crippen LogP contribution is -2.39. The van der Waals surface area contributed by atoms with Gasteiger partial charge in [-0.1, -0.05) is 24.4 Å². The van der Waals surface area contributed by atoms with Gasteiger partial charge in [-0.15, -0.1) is 0 Å². The van der Waals surface area contributed by atoms with E-state index in [2.05, 4.69) is 10.6 Å². The smallest absolute Gasteiger partial charge is 0.241 e. The van der Waals surface area contributed by atoms with Crippen molar-refractivity contribution in [2.45, 2.75) is 44.2 Å². The van der Waals surface area contributed by atoms with Crippen LogP contribution in [-0.4, -0.2) is 18.0 Å². The molecule has 1 aromatic rings. The highest BCUT2D eigenvalue weighted by molar-refractivity contribution is 6.30. The molecule has 0 radical (unpaired) electrons. The molecule has 0 aromatic heterocycles. The van der Waals surface area contributed by atoms with E-state index in [1.807, 2.05) is 0 Å². The molecule has 1 heterocycles. The zero-order valence-corrected chi connectivity index (χ0v) is 11.9. The van der Waals surface area contributed by atoms with Crippen molar-refractivity contribution in [3.8, 4) is 0 Å². The average molecular weight is 297 g/mol. The summed E-state index contributed by atoms with van der Waals surface area (Å²) in [4.78, 5) is 12.2. The summed E-state index contributed by atoms with van der Waals surface area (Å²) in [5, 5.41) is 6.44. The molecule has 1 aromatic carbocycles. The van der Waals surface area contributed by atoms with Crippen molar-refractivity contribution in [2.24, 2.45) is 5.92 Å². The maximum Gasteiger partial charge on any atom is 0.241 e. The summed E-state index contributed by atoms with van der Waals surface area (Å²) < 4.78 is 13.2. The summed E-state index contributed by atoms with van der Waals surface area (Å²) in [6.07, 6.45) is 5.73. The van der Waals surface area contributed by atoms with E-state index in [1.54, 1.807) is 6.07 Å². The molecule has 0 bridgehead atoms. The minimum absolute atomic E-state index is 0.0962. The lowest BCUT2D eigenvalue weighted by Gasteiger charge is -2.24. The first kappa shape index (κ1) is 13.8. The van der Waals surface area contributed by atoms with Gasteiger partial charge in [0.25, 0.3) is 0 Å². The van der Waals surface area contributed by atoms with E-state index in [4.69, 9.17) is 11.6 Å². The number of nitrogens with one attached hydrogen (secondary N) is 2. The van der Waals surface area contributed by atoms with Gasteiger partial charge < -0.3 is 10.6 Å². The summed E-state index contributed by atoms with van der Waals surface area (Å²) in [6, 6.07) is 4.36. The number of amides is 1. The molecule has 1 saturated carbocycles. The fourth-order valence-electron chi connectivity index (χ4n) is 3.38. The summed E-state index contributed by atoms with van der Waals surface area (Å²) in [7, 11) is 0. The Bertz CT molecular complexity index is 488. The normalized spacial score (nSPS) is 29.0. The highest BCUT2D eigenvalue weighted by Gasteiger charge is 2.38. The Morgan fingerprint density at radius 2 is 2.10 bits per heavy atom. The number of rotatable bonds is 2. The predicted molar refractivity (Wildman–Crippen MR) is 77.3 cm³/mol. The number of carbonyl (C=O) groups is 1. The molecule has 3 atom stereocenters. The number of hydrogen-bond donors (Lipinski definition) is 2. The summed E-state index contributed by atoms with van der Waals surface area (Å²) in [5.74, 6) is 0.0671. The molecule has 1 amide bonds. The number of carbonyl (C=O) groups excluding carboxylic acids is 1. The maximum absolute atomic E-state index is 13.2. The summed E-state index contributed by atoms with van der Waals surface area (Å²) >= 11 is 5.79. The van der Waals surface area contributed by atoms with Crippen molar-refractivity contribution in [3.05, 3.63) is 29.0 Å². The number of fused-ring (bicyclic) bond motifs is 1. The second-order valence-electron chi connectivity index (χ2n) is 5.75.